The fraction of sp³-hybridized carbons (Fsp3) is 1.00. The molecule has 0 rings (SSSR count). The summed E-state index contributed by atoms with van der Waals surface area (Å²) in [6.07, 6.45) is 0.331. The normalized spacial score (nSPS) is 13.2. The minimum absolute atomic E-state index is 0.0220. The first-order chi connectivity index (χ1) is 4.36. The molecule has 0 N–H and O–H groups in total. The van der Waals surface area contributed by atoms with Gasteiger partial charge in [-0.2, -0.15) is 0 Å². The monoisotopic (exact) mass is 144 g/mol. The summed E-state index contributed by atoms with van der Waals surface area (Å²) >= 11 is 0. The van der Waals surface area contributed by atoms with Crippen molar-refractivity contribution in [2.24, 2.45) is 5.92 Å². The summed E-state index contributed by atoms with van der Waals surface area (Å²) in [5.41, 5.74) is 0.0220. The SMILES string of the molecule is CC(C)OC(C)(C)C(C)C. The summed E-state index contributed by atoms with van der Waals surface area (Å²) in [6.45, 7) is 12.8. The van der Waals surface area contributed by atoms with Gasteiger partial charge >= 0.3 is 0 Å². The predicted molar refractivity (Wildman–Crippen MR) is 45.1 cm³/mol. The second-order valence-electron chi connectivity index (χ2n) is 3.92. The van der Waals surface area contributed by atoms with Crippen molar-refractivity contribution in [1.82, 2.24) is 0 Å². The Morgan fingerprint density at radius 2 is 1.40 bits per heavy atom. The molecule has 0 atom stereocenters. The number of rotatable bonds is 3. The quantitative estimate of drug-likeness (QED) is 0.592. The van der Waals surface area contributed by atoms with Gasteiger partial charge in [0.15, 0.2) is 0 Å². The molecule has 0 aromatic carbocycles. The van der Waals surface area contributed by atoms with E-state index in [4.69, 9.17) is 4.74 Å². The Labute approximate surface area is 64.8 Å². The van der Waals surface area contributed by atoms with E-state index in [1.165, 1.54) is 0 Å². The standard InChI is InChI=1S/C9H20O/c1-7(2)9(5,6)10-8(3)4/h7-8H,1-6H3. The van der Waals surface area contributed by atoms with Crippen LogP contribution in [0.25, 0.3) is 0 Å². The summed E-state index contributed by atoms with van der Waals surface area (Å²) in [7, 11) is 0. The molecule has 62 valence electrons. The average Bonchev–Trinajstić information content (AvgIpc) is 1.60. The van der Waals surface area contributed by atoms with Crippen LogP contribution in [0.3, 0.4) is 0 Å². The highest BCUT2D eigenvalue weighted by molar-refractivity contribution is 4.73. The van der Waals surface area contributed by atoms with Crippen molar-refractivity contribution in [1.29, 1.82) is 0 Å². The van der Waals surface area contributed by atoms with E-state index >= 15 is 0 Å². The molecule has 0 radical (unpaired) electrons. The van der Waals surface area contributed by atoms with Crippen LogP contribution >= 0.6 is 0 Å². The predicted octanol–water partition coefficient (Wildman–Crippen LogP) is 2.85. The Bertz CT molecular complexity index is 92.9. The van der Waals surface area contributed by atoms with E-state index in [9.17, 15) is 0 Å². The lowest BCUT2D eigenvalue weighted by molar-refractivity contribution is -0.0835. The lowest BCUT2D eigenvalue weighted by Crippen LogP contribution is -2.33. The molecule has 0 aromatic rings. The maximum absolute atomic E-state index is 5.70. The molecule has 0 bridgehead atoms. The van der Waals surface area contributed by atoms with Gasteiger partial charge in [-0.15, -0.1) is 0 Å². The Hall–Kier alpha value is -0.0400. The van der Waals surface area contributed by atoms with Crippen LogP contribution in [0, 0.1) is 5.92 Å². The van der Waals surface area contributed by atoms with Gasteiger partial charge in [0, 0.05) is 0 Å². The molecule has 0 unspecified atom stereocenters. The van der Waals surface area contributed by atoms with Crippen molar-refractivity contribution in [3.8, 4) is 0 Å². The Morgan fingerprint density at radius 3 is 1.50 bits per heavy atom. The molecule has 0 saturated carbocycles. The molecule has 0 amide bonds. The molecule has 0 aromatic heterocycles. The second kappa shape index (κ2) is 3.38. The van der Waals surface area contributed by atoms with Gasteiger partial charge in [-0.05, 0) is 33.6 Å². The molecule has 1 heteroatoms. The van der Waals surface area contributed by atoms with Crippen LogP contribution in [0.1, 0.15) is 41.5 Å². The molecule has 0 spiro atoms. The van der Waals surface area contributed by atoms with Crippen molar-refractivity contribution in [3.63, 3.8) is 0 Å². The maximum atomic E-state index is 5.70. The summed E-state index contributed by atoms with van der Waals surface area (Å²) in [5, 5.41) is 0. The molecule has 0 fully saturated rings. The first kappa shape index (κ1) is 9.96. The van der Waals surface area contributed by atoms with Gasteiger partial charge in [0.25, 0.3) is 0 Å². The Kier molecular flexibility index (Phi) is 3.37. The number of hydrogen-bond acceptors (Lipinski definition) is 1. The van der Waals surface area contributed by atoms with Crippen LogP contribution in [0.15, 0.2) is 0 Å². The van der Waals surface area contributed by atoms with Crippen LogP contribution in [0.5, 0.6) is 0 Å². The van der Waals surface area contributed by atoms with Crippen LogP contribution < -0.4 is 0 Å². The molecule has 0 heterocycles. The van der Waals surface area contributed by atoms with Crippen LogP contribution in [-0.4, -0.2) is 11.7 Å². The third-order valence-electron chi connectivity index (χ3n) is 1.93. The summed E-state index contributed by atoms with van der Waals surface area (Å²) in [6, 6.07) is 0. The fourth-order valence-electron chi connectivity index (χ4n) is 0.744. The van der Waals surface area contributed by atoms with Gasteiger partial charge in [0.1, 0.15) is 0 Å². The van der Waals surface area contributed by atoms with Crippen molar-refractivity contribution >= 4 is 0 Å². The van der Waals surface area contributed by atoms with E-state index in [1.54, 1.807) is 0 Å². The summed E-state index contributed by atoms with van der Waals surface area (Å²) in [4.78, 5) is 0. The first-order valence-corrected chi connectivity index (χ1v) is 4.04. The minimum Gasteiger partial charge on any atom is -0.373 e. The third-order valence-corrected chi connectivity index (χ3v) is 1.93. The highest BCUT2D eigenvalue weighted by Crippen LogP contribution is 2.21. The zero-order valence-electron chi connectivity index (χ0n) is 8.06. The fourth-order valence-corrected chi connectivity index (χ4v) is 0.744. The Balaban J connectivity index is 3.87. The van der Waals surface area contributed by atoms with E-state index in [1.807, 2.05) is 0 Å². The van der Waals surface area contributed by atoms with Crippen molar-refractivity contribution in [2.75, 3.05) is 0 Å². The van der Waals surface area contributed by atoms with Gasteiger partial charge in [-0.3, -0.25) is 0 Å². The molecule has 0 saturated heterocycles. The van der Waals surface area contributed by atoms with Gasteiger partial charge in [0.05, 0.1) is 11.7 Å². The van der Waals surface area contributed by atoms with E-state index in [2.05, 4.69) is 41.5 Å². The zero-order valence-corrected chi connectivity index (χ0v) is 8.06. The smallest absolute Gasteiger partial charge is 0.0652 e. The van der Waals surface area contributed by atoms with Crippen molar-refractivity contribution in [2.45, 2.75) is 53.2 Å². The first-order valence-electron chi connectivity index (χ1n) is 4.04. The lowest BCUT2D eigenvalue weighted by Gasteiger charge is -2.31. The molecule has 0 aliphatic rings. The largest absolute Gasteiger partial charge is 0.373 e. The lowest BCUT2D eigenvalue weighted by atomic mass is 9.94. The van der Waals surface area contributed by atoms with Gasteiger partial charge in [-0.1, -0.05) is 13.8 Å². The molecule has 10 heavy (non-hydrogen) atoms. The van der Waals surface area contributed by atoms with E-state index < -0.39 is 0 Å². The molecule has 1 nitrogen and oxygen atoms in total. The van der Waals surface area contributed by atoms with E-state index in [-0.39, 0.29) is 5.60 Å². The van der Waals surface area contributed by atoms with E-state index in [0.717, 1.165) is 0 Å². The molecular formula is C9H20O. The average molecular weight is 144 g/mol. The Morgan fingerprint density at radius 1 is 1.00 bits per heavy atom. The molecule has 0 aliphatic carbocycles. The van der Waals surface area contributed by atoms with Crippen molar-refractivity contribution in [3.05, 3.63) is 0 Å². The summed E-state index contributed by atoms with van der Waals surface area (Å²) in [5.74, 6) is 0.579. The van der Waals surface area contributed by atoms with Gasteiger partial charge in [-0.25, -0.2) is 0 Å². The topological polar surface area (TPSA) is 9.23 Å². The van der Waals surface area contributed by atoms with Crippen LogP contribution in [-0.2, 0) is 4.74 Å². The van der Waals surface area contributed by atoms with Crippen LogP contribution in [0.4, 0.5) is 0 Å². The second-order valence-corrected chi connectivity index (χ2v) is 3.92. The summed E-state index contributed by atoms with van der Waals surface area (Å²) < 4.78 is 5.70. The minimum atomic E-state index is 0.0220. The maximum Gasteiger partial charge on any atom is 0.0652 e. The highest BCUT2D eigenvalue weighted by Gasteiger charge is 2.23. The molecule has 0 aliphatic heterocycles. The van der Waals surface area contributed by atoms with Crippen LogP contribution in [0.2, 0.25) is 0 Å². The number of hydrogen-bond donors (Lipinski definition) is 0. The van der Waals surface area contributed by atoms with E-state index in [0.29, 0.717) is 12.0 Å². The highest BCUT2D eigenvalue weighted by atomic mass is 16.5. The van der Waals surface area contributed by atoms with Gasteiger partial charge in [0.2, 0.25) is 0 Å². The third kappa shape index (κ3) is 3.21. The number of ether oxygens (including phenoxy) is 1. The zero-order chi connectivity index (χ0) is 8.36. The van der Waals surface area contributed by atoms with Gasteiger partial charge < -0.3 is 4.74 Å². The molecular weight excluding hydrogens is 124 g/mol. The van der Waals surface area contributed by atoms with Crippen molar-refractivity contribution < 1.29 is 4.74 Å².